The molecule has 0 aliphatic heterocycles. The zero-order chi connectivity index (χ0) is 13.2. The smallest absolute Gasteiger partial charge is 0.123 e. The van der Waals surface area contributed by atoms with Gasteiger partial charge in [0.1, 0.15) is 5.82 Å². The Balaban J connectivity index is 2.00. The molecule has 0 aliphatic carbocycles. The molecule has 96 valence electrons. The van der Waals surface area contributed by atoms with E-state index in [1.807, 2.05) is 18.3 Å². The average molecular weight is 254 g/mol. The Hall–Kier alpha value is -2.13. The van der Waals surface area contributed by atoms with Crippen LogP contribution in [-0.2, 0) is 13.1 Å². The van der Waals surface area contributed by atoms with Gasteiger partial charge in [-0.25, -0.2) is 4.39 Å². The molecular formula is C16H15FN2. The quantitative estimate of drug-likeness (QED) is 0.764. The molecule has 2 N–H and O–H groups in total. The van der Waals surface area contributed by atoms with Crippen LogP contribution in [0.2, 0.25) is 0 Å². The molecule has 0 radical (unpaired) electrons. The van der Waals surface area contributed by atoms with Gasteiger partial charge in [-0.1, -0.05) is 24.3 Å². The monoisotopic (exact) mass is 254 g/mol. The maximum Gasteiger partial charge on any atom is 0.123 e. The Morgan fingerprint density at radius 3 is 2.68 bits per heavy atom. The largest absolute Gasteiger partial charge is 0.343 e. The van der Waals surface area contributed by atoms with Crippen molar-refractivity contribution in [3.05, 3.63) is 71.7 Å². The normalized spacial score (nSPS) is 11.1. The van der Waals surface area contributed by atoms with Crippen molar-refractivity contribution in [1.29, 1.82) is 0 Å². The van der Waals surface area contributed by atoms with Crippen LogP contribution in [0.25, 0.3) is 10.9 Å². The Kier molecular flexibility index (Phi) is 3.05. The minimum absolute atomic E-state index is 0.198. The lowest BCUT2D eigenvalue weighted by Crippen LogP contribution is -2.00. The van der Waals surface area contributed by atoms with Gasteiger partial charge in [0.05, 0.1) is 0 Å². The molecule has 2 aromatic carbocycles. The number of nitrogens with two attached hydrogens (primary N) is 1. The van der Waals surface area contributed by atoms with E-state index in [4.69, 9.17) is 5.73 Å². The molecule has 0 saturated heterocycles. The van der Waals surface area contributed by atoms with Crippen LogP contribution in [0.15, 0.2) is 54.7 Å². The van der Waals surface area contributed by atoms with E-state index in [1.165, 1.54) is 11.5 Å². The first kappa shape index (κ1) is 11.9. The van der Waals surface area contributed by atoms with E-state index >= 15 is 0 Å². The summed E-state index contributed by atoms with van der Waals surface area (Å²) in [6.45, 7) is 1.19. The first-order valence-electron chi connectivity index (χ1n) is 6.28. The summed E-state index contributed by atoms with van der Waals surface area (Å²) in [5, 5.41) is 1.17. The molecule has 19 heavy (non-hydrogen) atoms. The molecule has 0 atom stereocenters. The predicted octanol–water partition coefficient (Wildman–Crippen LogP) is 3.29. The summed E-state index contributed by atoms with van der Waals surface area (Å²) in [7, 11) is 0. The van der Waals surface area contributed by atoms with Crippen molar-refractivity contribution in [3.63, 3.8) is 0 Å². The van der Waals surface area contributed by atoms with Crippen LogP contribution < -0.4 is 5.73 Å². The van der Waals surface area contributed by atoms with Crippen molar-refractivity contribution >= 4 is 10.9 Å². The van der Waals surface area contributed by atoms with Crippen molar-refractivity contribution in [3.8, 4) is 0 Å². The van der Waals surface area contributed by atoms with Crippen LogP contribution in [0, 0.1) is 5.82 Å². The third kappa shape index (κ3) is 2.37. The number of halogens is 1. The molecule has 0 bridgehead atoms. The number of fused-ring (bicyclic) bond motifs is 1. The van der Waals surface area contributed by atoms with E-state index in [9.17, 15) is 4.39 Å². The van der Waals surface area contributed by atoms with Gasteiger partial charge >= 0.3 is 0 Å². The summed E-state index contributed by atoms with van der Waals surface area (Å²) in [5.74, 6) is -0.198. The summed E-state index contributed by atoms with van der Waals surface area (Å²) in [6, 6.07) is 15.0. The van der Waals surface area contributed by atoms with Gasteiger partial charge in [-0.15, -0.1) is 0 Å². The van der Waals surface area contributed by atoms with Gasteiger partial charge in [0, 0.05) is 24.8 Å². The van der Waals surface area contributed by atoms with Crippen LogP contribution in [0.5, 0.6) is 0 Å². The SMILES string of the molecule is NCc1ccc2ccn(Cc3cccc(F)c3)c2c1. The zero-order valence-corrected chi connectivity index (χ0v) is 10.5. The summed E-state index contributed by atoms with van der Waals surface area (Å²) in [6.07, 6.45) is 2.02. The number of aromatic nitrogens is 1. The second-order valence-corrected chi connectivity index (χ2v) is 4.67. The Bertz CT molecular complexity index is 716. The number of hydrogen-bond donors (Lipinski definition) is 1. The predicted molar refractivity (Wildman–Crippen MR) is 75.3 cm³/mol. The highest BCUT2D eigenvalue weighted by Gasteiger charge is 2.03. The molecule has 2 nitrogen and oxygen atoms in total. The van der Waals surface area contributed by atoms with Gasteiger partial charge in [0.2, 0.25) is 0 Å². The van der Waals surface area contributed by atoms with Crippen LogP contribution in [-0.4, -0.2) is 4.57 Å². The highest BCUT2D eigenvalue weighted by molar-refractivity contribution is 5.80. The summed E-state index contributed by atoms with van der Waals surface area (Å²) in [4.78, 5) is 0. The second kappa shape index (κ2) is 4.86. The molecule has 0 saturated carbocycles. The maximum atomic E-state index is 13.2. The maximum absolute atomic E-state index is 13.2. The summed E-state index contributed by atoms with van der Waals surface area (Å²) in [5.41, 5.74) is 8.86. The average Bonchev–Trinajstić information content (AvgIpc) is 2.81. The Morgan fingerprint density at radius 2 is 1.89 bits per heavy atom. The van der Waals surface area contributed by atoms with E-state index in [-0.39, 0.29) is 5.82 Å². The fourth-order valence-corrected chi connectivity index (χ4v) is 2.33. The second-order valence-electron chi connectivity index (χ2n) is 4.67. The van der Waals surface area contributed by atoms with E-state index in [0.717, 1.165) is 16.6 Å². The molecule has 0 unspecified atom stereocenters. The van der Waals surface area contributed by atoms with Gasteiger partial charge < -0.3 is 10.3 Å². The number of hydrogen-bond acceptors (Lipinski definition) is 1. The molecule has 0 spiro atoms. The fraction of sp³-hybridized carbons (Fsp3) is 0.125. The lowest BCUT2D eigenvalue weighted by atomic mass is 10.1. The summed E-state index contributed by atoms with van der Waals surface area (Å²) >= 11 is 0. The molecule has 3 rings (SSSR count). The van der Waals surface area contributed by atoms with Crippen molar-refractivity contribution in [2.45, 2.75) is 13.1 Å². The van der Waals surface area contributed by atoms with Gasteiger partial charge in [-0.05, 0) is 40.8 Å². The number of rotatable bonds is 3. The molecule has 0 fully saturated rings. The highest BCUT2D eigenvalue weighted by atomic mass is 19.1. The van der Waals surface area contributed by atoms with Crippen molar-refractivity contribution in [2.75, 3.05) is 0 Å². The minimum Gasteiger partial charge on any atom is -0.343 e. The molecule has 3 aromatic rings. The van der Waals surface area contributed by atoms with Crippen LogP contribution >= 0.6 is 0 Å². The van der Waals surface area contributed by atoms with Crippen LogP contribution in [0.1, 0.15) is 11.1 Å². The lowest BCUT2D eigenvalue weighted by molar-refractivity contribution is 0.624. The first-order chi connectivity index (χ1) is 9.26. The van der Waals surface area contributed by atoms with E-state index in [1.54, 1.807) is 12.1 Å². The van der Waals surface area contributed by atoms with Crippen LogP contribution in [0.3, 0.4) is 0 Å². The van der Waals surface area contributed by atoms with E-state index < -0.39 is 0 Å². The van der Waals surface area contributed by atoms with E-state index in [0.29, 0.717) is 13.1 Å². The fourth-order valence-electron chi connectivity index (χ4n) is 2.33. The first-order valence-corrected chi connectivity index (χ1v) is 6.28. The highest BCUT2D eigenvalue weighted by Crippen LogP contribution is 2.19. The van der Waals surface area contributed by atoms with Crippen molar-refractivity contribution < 1.29 is 4.39 Å². The Morgan fingerprint density at radius 1 is 1.00 bits per heavy atom. The van der Waals surface area contributed by atoms with Gasteiger partial charge in [-0.2, -0.15) is 0 Å². The van der Waals surface area contributed by atoms with Gasteiger partial charge in [0.25, 0.3) is 0 Å². The molecule has 0 amide bonds. The number of nitrogens with zero attached hydrogens (tertiary/aromatic N) is 1. The summed E-state index contributed by atoms with van der Waals surface area (Å²) < 4.78 is 15.3. The third-order valence-corrected chi connectivity index (χ3v) is 3.32. The number of benzene rings is 2. The molecule has 0 aliphatic rings. The topological polar surface area (TPSA) is 30.9 Å². The van der Waals surface area contributed by atoms with Crippen LogP contribution in [0.4, 0.5) is 4.39 Å². The third-order valence-electron chi connectivity index (χ3n) is 3.32. The molecular weight excluding hydrogens is 239 g/mol. The minimum atomic E-state index is -0.198. The van der Waals surface area contributed by atoms with E-state index in [2.05, 4.69) is 22.8 Å². The molecule has 1 aromatic heterocycles. The zero-order valence-electron chi connectivity index (χ0n) is 10.5. The Labute approximate surface area is 111 Å². The van der Waals surface area contributed by atoms with Crippen molar-refractivity contribution in [2.24, 2.45) is 5.73 Å². The molecule has 1 heterocycles. The molecule has 3 heteroatoms. The lowest BCUT2D eigenvalue weighted by Gasteiger charge is -2.07. The van der Waals surface area contributed by atoms with Gasteiger partial charge in [-0.3, -0.25) is 0 Å². The van der Waals surface area contributed by atoms with Gasteiger partial charge in [0.15, 0.2) is 0 Å². The standard InChI is InChI=1S/C16H15FN2/c17-15-3-1-2-13(8-15)11-19-7-6-14-5-4-12(10-18)9-16(14)19/h1-9H,10-11,18H2. The van der Waals surface area contributed by atoms with Crippen molar-refractivity contribution in [1.82, 2.24) is 4.57 Å².